The first kappa shape index (κ1) is 12.7. The molecule has 0 aromatic heterocycles. The van der Waals surface area contributed by atoms with Gasteiger partial charge in [-0.3, -0.25) is 0 Å². The second-order valence-electron chi connectivity index (χ2n) is 5.71. The van der Waals surface area contributed by atoms with E-state index in [-0.39, 0.29) is 0 Å². The Morgan fingerprint density at radius 3 is 2.57 bits per heavy atom. The highest BCUT2D eigenvalue weighted by atomic mass is 16.6. The first-order valence-electron chi connectivity index (χ1n) is 7.61. The molecule has 4 rings (SSSR count). The van der Waals surface area contributed by atoms with Gasteiger partial charge in [-0.1, -0.05) is 24.3 Å². The molecule has 1 heterocycles. The van der Waals surface area contributed by atoms with Gasteiger partial charge in [-0.15, -0.1) is 0 Å². The fourth-order valence-electron chi connectivity index (χ4n) is 2.63. The molecule has 0 saturated heterocycles. The van der Waals surface area contributed by atoms with Crippen LogP contribution in [0, 0.1) is 0 Å². The first-order chi connectivity index (χ1) is 10.4. The van der Waals surface area contributed by atoms with Gasteiger partial charge < -0.3 is 14.8 Å². The number of rotatable bonds is 4. The molecule has 1 aliphatic carbocycles. The summed E-state index contributed by atoms with van der Waals surface area (Å²) in [7, 11) is 0. The van der Waals surface area contributed by atoms with Gasteiger partial charge in [0.05, 0.1) is 0 Å². The van der Waals surface area contributed by atoms with Gasteiger partial charge in [-0.05, 0) is 47.7 Å². The summed E-state index contributed by atoms with van der Waals surface area (Å²) in [6.45, 7) is 2.21. The zero-order chi connectivity index (χ0) is 14.1. The van der Waals surface area contributed by atoms with Crippen molar-refractivity contribution in [3.63, 3.8) is 0 Å². The normalized spacial score (nSPS) is 16.8. The Kier molecular flexibility index (Phi) is 3.28. The molecule has 0 radical (unpaired) electrons. The van der Waals surface area contributed by atoms with E-state index >= 15 is 0 Å². The van der Waals surface area contributed by atoms with E-state index in [0.29, 0.717) is 13.2 Å². The summed E-state index contributed by atoms with van der Waals surface area (Å²) in [4.78, 5) is 0. The Hall–Kier alpha value is -2.00. The lowest BCUT2D eigenvalue weighted by Gasteiger charge is -2.19. The van der Waals surface area contributed by atoms with Crippen LogP contribution in [0.5, 0.6) is 11.5 Å². The van der Waals surface area contributed by atoms with Crippen LogP contribution in [0.2, 0.25) is 0 Å². The summed E-state index contributed by atoms with van der Waals surface area (Å²) < 4.78 is 11.2. The minimum absolute atomic E-state index is 0.627. The Labute approximate surface area is 124 Å². The van der Waals surface area contributed by atoms with Crippen LogP contribution in [0.1, 0.15) is 18.4 Å². The number of hydrogen-bond acceptors (Lipinski definition) is 3. The Morgan fingerprint density at radius 1 is 0.905 bits per heavy atom. The zero-order valence-corrected chi connectivity index (χ0v) is 12.0. The average Bonchev–Trinajstić information content (AvgIpc) is 3.37. The maximum absolute atomic E-state index is 5.67. The van der Waals surface area contributed by atoms with Crippen molar-refractivity contribution < 1.29 is 9.47 Å². The molecule has 0 unspecified atom stereocenters. The van der Waals surface area contributed by atoms with Crippen LogP contribution in [0.4, 0.5) is 0 Å². The highest BCUT2D eigenvalue weighted by Gasteiger charge is 2.20. The zero-order valence-electron chi connectivity index (χ0n) is 12.0. The minimum atomic E-state index is 0.627. The van der Waals surface area contributed by atoms with Crippen LogP contribution in [-0.4, -0.2) is 19.3 Å². The number of benzene rings is 2. The number of hydrogen-bond donors (Lipinski definition) is 1. The molecular weight excluding hydrogens is 262 g/mol. The van der Waals surface area contributed by atoms with Crippen molar-refractivity contribution >= 4 is 0 Å². The molecule has 1 saturated carbocycles. The predicted molar refractivity (Wildman–Crippen MR) is 82.7 cm³/mol. The highest BCUT2D eigenvalue weighted by Crippen LogP contribution is 2.34. The summed E-state index contributed by atoms with van der Waals surface area (Å²) in [5.74, 6) is 1.69. The monoisotopic (exact) mass is 281 g/mol. The van der Waals surface area contributed by atoms with E-state index in [4.69, 9.17) is 9.47 Å². The van der Waals surface area contributed by atoms with Gasteiger partial charge in [0.25, 0.3) is 0 Å². The molecule has 108 valence electrons. The predicted octanol–water partition coefficient (Wildman–Crippen LogP) is 3.38. The highest BCUT2D eigenvalue weighted by molar-refractivity contribution is 5.68. The molecular formula is C18H19NO2. The molecule has 0 spiro atoms. The molecule has 1 N–H and O–H groups in total. The quantitative estimate of drug-likeness (QED) is 0.932. The molecule has 1 fully saturated rings. The van der Waals surface area contributed by atoms with E-state index in [2.05, 4.69) is 41.7 Å². The van der Waals surface area contributed by atoms with Crippen molar-refractivity contribution in [2.24, 2.45) is 0 Å². The van der Waals surface area contributed by atoms with Crippen LogP contribution in [-0.2, 0) is 6.54 Å². The molecule has 2 aliphatic rings. The molecule has 2 aromatic rings. The molecule has 21 heavy (non-hydrogen) atoms. The Balaban J connectivity index is 1.58. The van der Waals surface area contributed by atoms with Crippen molar-refractivity contribution in [1.82, 2.24) is 5.32 Å². The lowest BCUT2D eigenvalue weighted by Crippen LogP contribution is -2.15. The lowest BCUT2D eigenvalue weighted by molar-refractivity contribution is 0.171. The summed E-state index contributed by atoms with van der Waals surface area (Å²) in [5, 5.41) is 3.56. The Morgan fingerprint density at radius 2 is 1.71 bits per heavy atom. The molecule has 3 heteroatoms. The Bertz CT molecular complexity index is 649. The van der Waals surface area contributed by atoms with Crippen molar-refractivity contribution in [2.45, 2.75) is 25.4 Å². The van der Waals surface area contributed by atoms with Crippen LogP contribution < -0.4 is 14.8 Å². The third kappa shape index (κ3) is 2.88. The third-order valence-corrected chi connectivity index (χ3v) is 3.97. The van der Waals surface area contributed by atoms with Gasteiger partial charge in [0.15, 0.2) is 11.5 Å². The van der Waals surface area contributed by atoms with Crippen molar-refractivity contribution in [2.75, 3.05) is 13.2 Å². The smallest absolute Gasteiger partial charge is 0.161 e. The third-order valence-electron chi connectivity index (χ3n) is 3.97. The molecule has 0 amide bonds. The molecule has 0 atom stereocenters. The molecule has 3 nitrogen and oxygen atoms in total. The van der Waals surface area contributed by atoms with Gasteiger partial charge in [-0.2, -0.15) is 0 Å². The van der Waals surface area contributed by atoms with Gasteiger partial charge in [-0.25, -0.2) is 0 Å². The van der Waals surface area contributed by atoms with Gasteiger partial charge in [0, 0.05) is 12.6 Å². The van der Waals surface area contributed by atoms with Crippen molar-refractivity contribution in [3.05, 3.63) is 48.0 Å². The first-order valence-corrected chi connectivity index (χ1v) is 7.61. The van der Waals surface area contributed by atoms with Gasteiger partial charge >= 0.3 is 0 Å². The van der Waals surface area contributed by atoms with E-state index in [1.54, 1.807) is 0 Å². The van der Waals surface area contributed by atoms with E-state index in [9.17, 15) is 0 Å². The van der Waals surface area contributed by atoms with Crippen LogP contribution in [0.25, 0.3) is 11.1 Å². The standard InChI is InChI=1S/C18H19NO2/c1-2-13(12-19-16-5-6-16)10-14(3-1)15-4-7-17-18(11-15)21-9-8-20-17/h1-4,7,10-11,16,19H,5-6,8-9,12H2. The molecule has 2 aromatic carbocycles. The molecule has 1 aliphatic heterocycles. The summed E-state index contributed by atoms with van der Waals surface area (Å²) >= 11 is 0. The van der Waals surface area contributed by atoms with Crippen molar-refractivity contribution in [1.29, 1.82) is 0 Å². The van der Waals surface area contributed by atoms with E-state index in [0.717, 1.165) is 24.1 Å². The summed E-state index contributed by atoms with van der Waals surface area (Å²) in [6, 6.07) is 15.6. The maximum Gasteiger partial charge on any atom is 0.161 e. The number of ether oxygens (including phenoxy) is 2. The second-order valence-corrected chi connectivity index (χ2v) is 5.71. The summed E-state index contributed by atoms with van der Waals surface area (Å²) in [5.41, 5.74) is 3.73. The fourth-order valence-corrected chi connectivity index (χ4v) is 2.63. The SMILES string of the molecule is c1cc(CNC2CC2)cc(-c2ccc3c(c2)OCCO3)c1. The maximum atomic E-state index is 5.67. The average molecular weight is 281 g/mol. The van der Waals surface area contributed by atoms with Crippen LogP contribution >= 0.6 is 0 Å². The largest absolute Gasteiger partial charge is 0.486 e. The van der Waals surface area contributed by atoms with E-state index in [1.807, 2.05) is 6.07 Å². The number of fused-ring (bicyclic) bond motifs is 1. The lowest BCUT2D eigenvalue weighted by atomic mass is 10.0. The van der Waals surface area contributed by atoms with Crippen molar-refractivity contribution in [3.8, 4) is 22.6 Å². The van der Waals surface area contributed by atoms with Crippen LogP contribution in [0.3, 0.4) is 0 Å². The number of nitrogens with one attached hydrogen (secondary N) is 1. The second kappa shape index (κ2) is 5.41. The fraction of sp³-hybridized carbons (Fsp3) is 0.333. The minimum Gasteiger partial charge on any atom is -0.486 e. The van der Waals surface area contributed by atoms with Gasteiger partial charge in [0.1, 0.15) is 13.2 Å². The van der Waals surface area contributed by atoms with E-state index < -0.39 is 0 Å². The summed E-state index contributed by atoms with van der Waals surface area (Å²) in [6.07, 6.45) is 2.64. The molecule has 0 bridgehead atoms. The van der Waals surface area contributed by atoms with E-state index in [1.165, 1.54) is 29.5 Å². The van der Waals surface area contributed by atoms with Crippen LogP contribution in [0.15, 0.2) is 42.5 Å². The van der Waals surface area contributed by atoms with Gasteiger partial charge in [0.2, 0.25) is 0 Å². The topological polar surface area (TPSA) is 30.5 Å².